The first kappa shape index (κ1) is 20.6. The number of carboxylic acids is 1. The smallest absolute Gasteiger partial charge is 0.303 e. The minimum atomic E-state index is -0.774. The number of carbonyl (C=O) groups excluding carboxylic acids is 1. The van der Waals surface area contributed by atoms with Crippen LogP contribution in [0, 0.1) is 11.8 Å². The van der Waals surface area contributed by atoms with Gasteiger partial charge in [0, 0.05) is 24.7 Å². The zero-order valence-electron chi connectivity index (χ0n) is 14.8. The molecule has 0 aromatic carbocycles. The third-order valence-electron chi connectivity index (χ3n) is 4.64. The average Bonchev–Trinajstić information content (AvgIpc) is 2.80. The van der Waals surface area contributed by atoms with Crippen LogP contribution in [0.15, 0.2) is 24.3 Å². The number of aliphatic hydroxyl groups excluding tert-OH is 1. The molecule has 0 aromatic heterocycles. The van der Waals surface area contributed by atoms with Crippen LogP contribution in [0.2, 0.25) is 0 Å². The first-order chi connectivity index (χ1) is 11.6. The van der Waals surface area contributed by atoms with Crippen molar-refractivity contribution >= 4 is 11.8 Å². The van der Waals surface area contributed by atoms with Crippen molar-refractivity contribution in [2.75, 3.05) is 0 Å². The number of unbranched alkanes of at least 4 members (excludes halogenated alkanes) is 5. The lowest BCUT2D eigenvalue weighted by Gasteiger charge is -2.16. The molecule has 0 heterocycles. The largest absolute Gasteiger partial charge is 0.481 e. The monoisotopic (exact) mass is 336 g/mol. The van der Waals surface area contributed by atoms with Crippen LogP contribution in [0.4, 0.5) is 0 Å². The highest BCUT2D eigenvalue weighted by molar-refractivity contribution is 5.86. The third kappa shape index (κ3) is 7.91. The molecule has 136 valence electrons. The Bertz CT molecular complexity index is 439. The van der Waals surface area contributed by atoms with E-state index in [1.54, 1.807) is 0 Å². The fourth-order valence-corrected chi connectivity index (χ4v) is 3.20. The number of allylic oxidation sites excluding steroid dienone is 4. The summed E-state index contributed by atoms with van der Waals surface area (Å²) < 4.78 is 0. The van der Waals surface area contributed by atoms with Gasteiger partial charge in [0.2, 0.25) is 0 Å². The van der Waals surface area contributed by atoms with Crippen molar-refractivity contribution in [3.05, 3.63) is 24.3 Å². The maximum Gasteiger partial charge on any atom is 0.303 e. The number of carboxylic acid groups (broad SMARTS) is 1. The Balaban J connectivity index is 2.38. The second-order valence-electron chi connectivity index (χ2n) is 6.70. The van der Waals surface area contributed by atoms with Gasteiger partial charge in [-0.1, -0.05) is 50.5 Å². The van der Waals surface area contributed by atoms with Crippen molar-refractivity contribution in [1.29, 1.82) is 0 Å². The van der Waals surface area contributed by atoms with Crippen molar-refractivity contribution in [2.45, 2.75) is 77.2 Å². The van der Waals surface area contributed by atoms with Crippen molar-refractivity contribution in [3.63, 3.8) is 0 Å². The van der Waals surface area contributed by atoms with Crippen LogP contribution in [0.25, 0.3) is 0 Å². The van der Waals surface area contributed by atoms with Gasteiger partial charge in [0.1, 0.15) is 5.78 Å². The summed E-state index contributed by atoms with van der Waals surface area (Å²) in [4.78, 5) is 22.5. The quantitative estimate of drug-likeness (QED) is 0.412. The summed E-state index contributed by atoms with van der Waals surface area (Å²) >= 11 is 0. The molecular weight excluding hydrogens is 304 g/mol. The summed E-state index contributed by atoms with van der Waals surface area (Å²) in [6, 6.07) is 0. The Morgan fingerprint density at radius 1 is 1.12 bits per heavy atom. The molecule has 4 nitrogen and oxygen atoms in total. The first-order valence-corrected chi connectivity index (χ1v) is 9.30. The number of carbonyl (C=O) groups is 2. The SMILES string of the molecule is CCCCCC/C=C/[C@H]1C(=O)C[C@H](O)[C@@H]1C/C=C\CCCC(=O)O. The lowest BCUT2D eigenvalue weighted by Crippen LogP contribution is -2.18. The van der Waals surface area contributed by atoms with Crippen molar-refractivity contribution < 1.29 is 19.8 Å². The molecule has 1 aliphatic carbocycles. The van der Waals surface area contributed by atoms with E-state index < -0.39 is 12.1 Å². The molecule has 0 bridgehead atoms. The fraction of sp³-hybridized carbons (Fsp3) is 0.700. The van der Waals surface area contributed by atoms with Gasteiger partial charge in [0.25, 0.3) is 0 Å². The molecule has 1 saturated carbocycles. The molecule has 0 unspecified atom stereocenters. The second kappa shape index (κ2) is 12.0. The molecule has 0 aliphatic heterocycles. The topological polar surface area (TPSA) is 74.6 Å². The molecule has 1 fully saturated rings. The molecule has 0 spiro atoms. The van der Waals surface area contributed by atoms with Crippen molar-refractivity contribution in [1.82, 2.24) is 0 Å². The number of hydrogen-bond acceptors (Lipinski definition) is 3. The maximum absolute atomic E-state index is 12.1. The van der Waals surface area contributed by atoms with Gasteiger partial charge < -0.3 is 10.2 Å². The zero-order valence-corrected chi connectivity index (χ0v) is 14.8. The first-order valence-electron chi connectivity index (χ1n) is 9.30. The van der Waals surface area contributed by atoms with E-state index in [0.29, 0.717) is 12.8 Å². The molecule has 0 aromatic rings. The number of Topliss-reactive ketones (excluding diaryl/α,β-unsaturated/α-hetero) is 1. The van der Waals surface area contributed by atoms with Crippen LogP contribution in [0.1, 0.15) is 71.1 Å². The lowest BCUT2D eigenvalue weighted by molar-refractivity contribution is -0.137. The highest BCUT2D eigenvalue weighted by atomic mass is 16.4. The fourth-order valence-electron chi connectivity index (χ4n) is 3.20. The van der Waals surface area contributed by atoms with Crippen molar-refractivity contribution in [3.8, 4) is 0 Å². The molecule has 0 amide bonds. The van der Waals surface area contributed by atoms with E-state index >= 15 is 0 Å². The lowest BCUT2D eigenvalue weighted by atomic mass is 9.90. The molecule has 4 heteroatoms. The van der Waals surface area contributed by atoms with E-state index in [-0.39, 0.29) is 30.5 Å². The summed E-state index contributed by atoms with van der Waals surface area (Å²) in [5, 5.41) is 18.7. The van der Waals surface area contributed by atoms with E-state index in [1.165, 1.54) is 19.3 Å². The van der Waals surface area contributed by atoms with Gasteiger partial charge in [-0.2, -0.15) is 0 Å². The number of aliphatic hydroxyl groups is 1. The minimum absolute atomic E-state index is 0.0416. The molecule has 0 saturated heterocycles. The van der Waals surface area contributed by atoms with Crippen molar-refractivity contribution in [2.24, 2.45) is 11.8 Å². The van der Waals surface area contributed by atoms with Crippen LogP contribution in [0.5, 0.6) is 0 Å². The average molecular weight is 336 g/mol. The van der Waals surface area contributed by atoms with Gasteiger partial charge in [-0.15, -0.1) is 0 Å². The van der Waals surface area contributed by atoms with Crippen LogP contribution >= 0.6 is 0 Å². The van der Waals surface area contributed by atoms with E-state index in [1.807, 2.05) is 18.2 Å². The van der Waals surface area contributed by atoms with Gasteiger partial charge in [-0.3, -0.25) is 9.59 Å². The number of ketones is 1. The van der Waals surface area contributed by atoms with E-state index in [9.17, 15) is 14.7 Å². The standard InChI is InChI=1S/C20H32O4/c1-2-3-4-5-6-9-12-16-17(19(22)15-18(16)21)13-10-7-8-11-14-20(23)24/h7,9-10,12,16-17,19,22H,2-6,8,11,13-15H2,1H3,(H,23,24)/b10-7-,12-9+/t16-,17-,19+/m1/s1. The highest BCUT2D eigenvalue weighted by Gasteiger charge is 2.38. The normalized spacial score (nSPS) is 24.4. The van der Waals surface area contributed by atoms with E-state index in [4.69, 9.17) is 5.11 Å². The molecule has 3 atom stereocenters. The zero-order chi connectivity index (χ0) is 17.8. The van der Waals surface area contributed by atoms with Gasteiger partial charge in [-0.25, -0.2) is 0 Å². The summed E-state index contributed by atoms with van der Waals surface area (Å²) in [7, 11) is 0. The Kier molecular flexibility index (Phi) is 10.3. The second-order valence-corrected chi connectivity index (χ2v) is 6.70. The number of hydrogen-bond donors (Lipinski definition) is 2. The van der Waals surface area contributed by atoms with Gasteiger partial charge in [0.15, 0.2) is 0 Å². The van der Waals surface area contributed by atoms with Gasteiger partial charge in [0.05, 0.1) is 6.10 Å². The van der Waals surface area contributed by atoms with E-state index in [2.05, 4.69) is 13.0 Å². The highest BCUT2D eigenvalue weighted by Crippen LogP contribution is 2.33. The predicted octanol–water partition coefficient (Wildman–Crippen LogP) is 4.28. The van der Waals surface area contributed by atoms with E-state index in [0.717, 1.165) is 19.3 Å². The van der Waals surface area contributed by atoms with Crippen LogP contribution < -0.4 is 0 Å². The molecule has 24 heavy (non-hydrogen) atoms. The van der Waals surface area contributed by atoms with Crippen LogP contribution in [0.3, 0.4) is 0 Å². The summed E-state index contributed by atoms with van der Waals surface area (Å²) in [6.07, 6.45) is 15.8. The number of aliphatic carboxylic acids is 1. The summed E-state index contributed by atoms with van der Waals surface area (Å²) in [5.41, 5.74) is 0. The minimum Gasteiger partial charge on any atom is -0.481 e. The predicted molar refractivity (Wildman–Crippen MR) is 95.8 cm³/mol. The molecule has 2 N–H and O–H groups in total. The molecule has 1 rings (SSSR count). The maximum atomic E-state index is 12.1. The molecule has 0 radical (unpaired) electrons. The summed E-state index contributed by atoms with van der Waals surface area (Å²) in [5.74, 6) is -0.851. The number of rotatable bonds is 12. The Labute approximate surface area is 145 Å². The Hall–Kier alpha value is -1.42. The van der Waals surface area contributed by atoms with Gasteiger partial charge >= 0.3 is 5.97 Å². The van der Waals surface area contributed by atoms with Gasteiger partial charge in [-0.05, 0) is 32.1 Å². The third-order valence-corrected chi connectivity index (χ3v) is 4.64. The van der Waals surface area contributed by atoms with Crippen LogP contribution in [-0.2, 0) is 9.59 Å². The Morgan fingerprint density at radius 2 is 1.88 bits per heavy atom. The molecule has 1 aliphatic rings. The molecular formula is C20H32O4. The van der Waals surface area contributed by atoms with Crippen LogP contribution in [-0.4, -0.2) is 28.1 Å². The summed E-state index contributed by atoms with van der Waals surface area (Å²) in [6.45, 7) is 2.19. The Morgan fingerprint density at radius 3 is 2.58 bits per heavy atom.